The van der Waals surface area contributed by atoms with E-state index < -0.39 is 0 Å². The normalized spacial score (nSPS) is 16.7. The smallest absolute Gasteiger partial charge is 0.224 e. The summed E-state index contributed by atoms with van der Waals surface area (Å²) in [5.74, 6) is 0.211. The summed E-state index contributed by atoms with van der Waals surface area (Å²) >= 11 is 0. The van der Waals surface area contributed by atoms with Gasteiger partial charge >= 0.3 is 0 Å². The lowest BCUT2D eigenvalue weighted by Crippen LogP contribution is -2.46. The minimum absolute atomic E-state index is 0. The summed E-state index contributed by atoms with van der Waals surface area (Å²) in [5.41, 5.74) is 0. The van der Waals surface area contributed by atoms with Gasteiger partial charge in [-0.25, -0.2) is 0 Å². The number of hydrogen-bond donors (Lipinski definition) is 2. The van der Waals surface area contributed by atoms with Gasteiger partial charge in [-0.05, 0) is 26.6 Å². The Kier molecular flexibility index (Phi) is 19.8. The molecule has 1 unspecified atom stereocenters. The molecule has 22 heavy (non-hydrogen) atoms. The molecule has 0 bridgehead atoms. The van der Waals surface area contributed by atoms with Crippen molar-refractivity contribution in [3.05, 3.63) is 0 Å². The second-order valence-corrected chi connectivity index (χ2v) is 5.38. The van der Waals surface area contributed by atoms with E-state index in [1.807, 2.05) is 14.0 Å². The second-order valence-electron chi connectivity index (χ2n) is 5.38. The maximum absolute atomic E-state index is 11.7. The van der Waals surface area contributed by atoms with Crippen LogP contribution in [-0.2, 0) is 4.79 Å². The lowest BCUT2D eigenvalue weighted by molar-refractivity contribution is -0.124. The first-order chi connectivity index (χ1) is 9.17. The lowest BCUT2D eigenvalue weighted by Gasteiger charge is -2.34. The standard InChI is InChI=1S/C14H30N4O.3ClH/c1-4-17-8-10-18(11-9-17)7-5-6-16-14(19)13(2)12-15-3;;;/h13,15H,4-12H2,1-3H3,(H,16,19);3*1H. The number of likely N-dealkylation sites (N-methyl/N-ethyl adjacent to an activating group) is 1. The Morgan fingerprint density at radius 3 is 2.14 bits per heavy atom. The molecule has 2 N–H and O–H groups in total. The topological polar surface area (TPSA) is 47.6 Å². The lowest BCUT2D eigenvalue weighted by atomic mass is 10.1. The van der Waals surface area contributed by atoms with Crippen LogP contribution in [-0.4, -0.2) is 75.1 Å². The zero-order chi connectivity index (χ0) is 14.1. The summed E-state index contributed by atoms with van der Waals surface area (Å²) < 4.78 is 0. The van der Waals surface area contributed by atoms with E-state index in [-0.39, 0.29) is 49.0 Å². The number of halogens is 3. The van der Waals surface area contributed by atoms with Crippen molar-refractivity contribution in [3.63, 3.8) is 0 Å². The number of nitrogens with one attached hydrogen (secondary N) is 2. The minimum Gasteiger partial charge on any atom is -0.356 e. The molecule has 8 heteroatoms. The van der Waals surface area contributed by atoms with Crippen molar-refractivity contribution in [2.75, 3.05) is 59.4 Å². The number of rotatable bonds is 8. The van der Waals surface area contributed by atoms with E-state index in [4.69, 9.17) is 0 Å². The van der Waals surface area contributed by atoms with E-state index in [0.29, 0.717) is 0 Å². The van der Waals surface area contributed by atoms with Crippen LogP contribution in [0.3, 0.4) is 0 Å². The van der Waals surface area contributed by atoms with Crippen LogP contribution >= 0.6 is 37.2 Å². The largest absolute Gasteiger partial charge is 0.356 e. The fourth-order valence-corrected chi connectivity index (χ4v) is 2.42. The number of nitrogens with zero attached hydrogens (tertiary/aromatic N) is 2. The molecule has 1 rings (SSSR count). The molecule has 0 spiro atoms. The van der Waals surface area contributed by atoms with Gasteiger partial charge in [-0.2, -0.15) is 0 Å². The predicted molar refractivity (Wildman–Crippen MR) is 101 cm³/mol. The van der Waals surface area contributed by atoms with Crippen LogP contribution in [0.2, 0.25) is 0 Å². The van der Waals surface area contributed by atoms with Gasteiger partial charge in [0.15, 0.2) is 0 Å². The highest BCUT2D eigenvalue weighted by atomic mass is 35.5. The van der Waals surface area contributed by atoms with Gasteiger partial charge in [-0.3, -0.25) is 4.79 Å². The molecule has 1 atom stereocenters. The van der Waals surface area contributed by atoms with Crippen molar-refractivity contribution in [1.82, 2.24) is 20.4 Å². The molecule has 1 saturated heterocycles. The number of piperazine rings is 1. The van der Waals surface area contributed by atoms with Crippen molar-refractivity contribution in [2.45, 2.75) is 20.3 Å². The molecule has 1 fully saturated rings. The molecule has 0 aromatic heterocycles. The van der Waals surface area contributed by atoms with Crippen LogP contribution in [0.1, 0.15) is 20.3 Å². The molecule has 5 nitrogen and oxygen atoms in total. The number of amides is 1. The molecular formula is C14H33Cl3N4O. The summed E-state index contributed by atoms with van der Waals surface area (Å²) in [5, 5.41) is 6.04. The average Bonchev–Trinajstić information content (AvgIpc) is 2.44. The van der Waals surface area contributed by atoms with Gasteiger partial charge in [-0.1, -0.05) is 13.8 Å². The van der Waals surface area contributed by atoms with E-state index in [2.05, 4.69) is 27.4 Å². The van der Waals surface area contributed by atoms with Gasteiger partial charge in [0, 0.05) is 45.2 Å². The first-order valence-electron chi connectivity index (χ1n) is 7.54. The third-order valence-electron chi connectivity index (χ3n) is 3.82. The van der Waals surface area contributed by atoms with Crippen molar-refractivity contribution in [2.24, 2.45) is 5.92 Å². The molecule has 1 heterocycles. The van der Waals surface area contributed by atoms with Crippen molar-refractivity contribution in [1.29, 1.82) is 0 Å². The molecule has 0 aromatic carbocycles. The van der Waals surface area contributed by atoms with Gasteiger partial charge in [0.05, 0.1) is 0 Å². The molecular weight excluding hydrogens is 347 g/mol. The summed E-state index contributed by atoms with van der Waals surface area (Å²) in [7, 11) is 1.87. The Morgan fingerprint density at radius 2 is 1.64 bits per heavy atom. The zero-order valence-corrected chi connectivity index (χ0v) is 16.4. The highest BCUT2D eigenvalue weighted by Crippen LogP contribution is 2.01. The Morgan fingerprint density at radius 1 is 1.09 bits per heavy atom. The fourth-order valence-electron chi connectivity index (χ4n) is 2.42. The van der Waals surface area contributed by atoms with Crippen LogP contribution in [0.25, 0.3) is 0 Å². The van der Waals surface area contributed by atoms with Gasteiger partial charge in [-0.15, -0.1) is 37.2 Å². The number of hydrogen-bond acceptors (Lipinski definition) is 4. The third-order valence-corrected chi connectivity index (χ3v) is 3.82. The van der Waals surface area contributed by atoms with Crippen LogP contribution in [0.5, 0.6) is 0 Å². The maximum Gasteiger partial charge on any atom is 0.224 e. The quantitative estimate of drug-likeness (QED) is 0.623. The van der Waals surface area contributed by atoms with E-state index in [0.717, 1.165) is 45.7 Å². The third kappa shape index (κ3) is 10.9. The summed E-state index contributed by atoms with van der Waals surface area (Å²) in [6, 6.07) is 0. The average molecular weight is 380 g/mol. The van der Waals surface area contributed by atoms with Crippen LogP contribution in [0.15, 0.2) is 0 Å². The highest BCUT2D eigenvalue weighted by Gasteiger charge is 2.15. The Hall–Kier alpha value is 0.220. The van der Waals surface area contributed by atoms with E-state index in [1.165, 1.54) is 13.1 Å². The molecule has 0 saturated carbocycles. The van der Waals surface area contributed by atoms with Gasteiger partial charge in [0.1, 0.15) is 0 Å². The second kappa shape index (κ2) is 16.1. The van der Waals surface area contributed by atoms with Crippen molar-refractivity contribution in [3.8, 4) is 0 Å². The highest BCUT2D eigenvalue weighted by molar-refractivity contribution is 5.86. The first kappa shape index (κ1) is 27.1. The summed E-state index contributed by atoms with van der Waals surface area (Å²) in [6.07, 6.45) is 1.05. The monoisotopic (exact) mass is 378 g/mol. The van der Waals surface area contributed by atoms with Gasteiger partial charge in [0.2, 0.25) is 5.91 Å². The maximum atomic E-state index is 11.7. The molecule has 136 valence electrons. The van der Waals surface area contributed by atoms with E-state index in [9.17, 15) is 4.79 Å². The predicted octanol–water partition coefficient (Wildman–Crippen LogP) is 1.25. The van der Waals surface area contributed by atoms with Gasteiger partial charge < -0.3 is 20.4 Å². The number of carbonyl (C=O) groups excluding carboxylic acids is 1. The Labute approximate surface area is 154 Å². The minimum atomic E-state index is 0. The molecule has 0 radical (unpaired) electrons. The zero-order valence-electron chi connectivity index (χ0n) is 14.0. The fraction of sp³-hybridized carbons (Fsp3) is 0.929. The molecule has 1 aliphatic heterocycles. The molecule has 1 aliphatic rings. The Bertz CT molecular complexity index is 264. The first-order valence-corrected chi connectivity index (χ1v) is 7.54. The molecule has 1 amide bonds. The van der Waals surface area contributed by atoms with Crippen LogP contribution in [0, 0.1) is 5.92 Å². The molecule has 0 aliphatic carbocycles. The van der Waals surface area contributed by atoms with Gasteiger partial charge in [0.25, 0.3) is 0 Å². The number of carbonyl (C=O) groups is 1. The Balaban J connectivity index is -0.00000120. The SMILES string of the molecule is CCN1CCN(CCCNC(=O)C(C)CNC)CC1.Cl.Cl.Cl. The summed E-state index contributed by atoms with van der Waals surface area (Å²) in [4.78, 5) is 16.7. The van der Waals surface area contributed by atoms with Crippen LogP contribution in [0.4, 0.5) is 0 Å². The summed E-state index contributed by atoms with van der Waals surface area (Å²) in [6.45, 7) is 12.7. The van der Waals surface area contributed by atoms with E-state index in [1.54, 1.807) is 0 Å². The van der Waals surface area contributed by atoms with Crippen molar-refractivity contribution < 1.29 is 4.79 Å². The van der Waals surface area contributed by atoms with Crippen molar-refractivity contribution >= 4 is 43.1 Å². The van der Waals surface area contributed by atoms with E-state index >= 15 is 0 Å². The van der Waals surface area contributed by atoms with Crippen LogP contribution < -0.4 is 10.6 Å². The molecule has 0 aromatic rings.